The predicted molar refractivity (Wildman–Crippen MR) is 89.1 cm³/mol. The number of benzene rings is 2. The van der Waals surface area contributed by atoms with Gasteiger partial charge in [0, 0.05) is 5.56 Å². The predicted octanol–water partition coefficient (Wildman–Crippen LogP) is 3.84. The number of halogens is 1. The molecular weight excluding hydrogens is 285 g/mol. The molecule has 0 aromatic heterocycles. The SMILES string of the molecule is C/C(=N/NC(=S)Nc1ccccc1F)c1ccccc1C. The van der Waals surface area contributed by atoms with E-state index in [1.165, 1.54) is 6.07 Å². The third-order valence-electron chi connectivity index (χ3n) is 2.98. The normalized spacial score (nSPS) is 11.1. The zero-order valence-electron chi connectivity index (χ0n) is 11.9. The fourth-order valence-corrected chi connectivity index (χ4v) is 2.04. The van der Waals surface area contributed by atoms with Crippen molar-refractivity contribution in [2.24, 2.45) is 5.10 Å². The van der Waals surface area contributed by atoms with Crippen molar-refractivity contribution in [3.63, 3.8) is 0 Å². The van der Waals surface area contributed by atoms with Crippen molar-refractivity contribution in [1.82, 2.24) is 5.43 Å². The van der Waals surface area contributed by atoms with E-state index >= 15 is 0 Å². The third kappa shape index (κ3) is 4.10. The van der Waals surface area contributed by atoms with Crippen LogP contribution in [0.1, 0.15) is 18.1 Å². The van der Waals surface area contributed by atoms with Gasteiger partial charge >= 0.3 is 0 Å². The van der Waals surface area contributed by atoms with Crippen LogP contribution in [0.2, 0.25) is 0 Å². The van der Waals surface area contributed by atoms with Gasteiger partial charge in [-0.15, -0.1) is 0 Å². The molecule has 5 heteroatoms. The first-order chi connectivity index (χ1) is 10.1. The lowest BCUT2D eigenvalue weighted by molar-refractivity contribution is 0.632. The van der Waals surface area contributed by atoms with Gasteiger partial charge in [0.25, 0.3) is 0 Å². The van der Waals surface area contributed by atoms with Crippen LogP contribution in [-0.2, 0) is 0 Å². The molecule has 0 amide bonds. The Morgan fingerprint density at radius 2 is 1.76 bits per heavy atom. The Bertz CT molecular complexity index is 683. The number of hydrogen-bond acceptors (Lipinski definition) is 2. The van der Waals surface area contributed by atoms with Gasteiger partial charge in [0.1, 0.15) is 5.82 Å². The second kappa shape index (κ2) is 6.95. The van der Waals surface area contributed by atoms with Gasteiger partial charge in [0.05, 0.1) is 11.4 Å². The second-order valence-corrected chi connectivity index (χ2v) is 4.97. The Kier molecular flexibility index (Phi) is 5.00. The highest BCUT2D eigenvalue weighted by Gasteiger charge is 2.03. The molecule has 0 bridgehead atoms. The molecule has 0 saturated heterocycles. The Labute approximate surface area is 128 Å². The highest BCUT2D eigenvalue weighted by molar-refractivity contribution is 7.80. The number of nitrogens with one attached hydrogen (secondary N) is 2. The molecule has 0 heterocycles. The van der Waals surface area contributed by atoms with Crippen molar-refractivity contribution < 1.29 is 4.39 Å². The first kappa shape index (κ1) is 15.1. The third-order valence-corrected chi connectivity index (χ3v) is 3.18. The summed E-state index contributed by atoms with van der Waals surface area (Å²) >= 11 is 5.10. The molecule has 0 fully saturated rings. The minimum absolute atomic E-state index is 0.244. The number of hydrazone groups is 1. The number of anilines is 1. The maximum atomic E-state index is 13.5. The number of para-hydroxylation sites is 1. The molecule has 0 spiro atoms. The molecule has 0 saturated carbocycles. The molecule has 21 heavy (non-hydrogen) atoms. The number of rotatable bonds is 3. The number of nitrogens with zero attached hydrogens (tertiary/aromatic N) is 1. The maximum absolute atomic E-state index is 13.5. The van der Waals surface area contributed by atoms with Crippen LogP contribution in [0.5, 0.6) is 0 Å². The Hall–Kier alpha value is -2.27. The fraction of sp³-hybridized carbons (Fsp3) is 0.125. The molecule has 108 valence electrons. The summed E-state index contributed by atoms with van der Waals surface area (Å²) in [7, 11) is 0. The summed E-state index contributed by atoms with van der Waals surface area (Å²) in [4.78, 5) is 0. The first-order valence-corrected chi connectivity index (χ1v) is 6.90. The fourth-order valence-electron chi connectivity index (χ4n) is 1.89. The van der Waals surface area contributed by atoms with Gasteiger partial charge in [-0.2, -0.15) is 5.10 Å². The summed E-state index contributed by atoms with van der Waals surface area (Å²) < 4.78 is 13.5. The summed E-state index contributed by atoms with van der Waals surface area (Å²) in [6.45, 7) is 3.91. The quantitative estimate of drug-likeness (QED) is 0.514. The minimum atomic E-state index is -0.360. The van der Waals surface area contributed by atoms with Gasteiger partial charge in [-0.1, -0.05) is 36.4 Å². The Morgan fingerprint density at radius 3 is 2.48 bits per heavy atom. The zero-order valence-corrected chi connectivity index (χ0v) is 12.7. The molecule has 2 N–H and O–H groups in total. The molecule has 0 unspecified atom stereocenters. The van der Waals surface area contributed by atoms with Crippen LogP contribution in [-0.4, -0.2) is 10.8 Å². The second-order valence-electron chi connectivity index (χ2n) is 4.56. The molecule has 0 radical (unpaired) electrons. The van der Waals surface area contributed by atoms with E-state index in [2.05, 4.69) is 15.8 Å². The van der Waals surface area contributed by atoms with Gasteiger partial charge in [-0.3, -0.25) is 5.43 Å². The van der Waals surface area contributed by atoms with Gasteiger partial charge in [0.15, 0.2) is 5.11 Å². The van der Waals surface area contributed by atoms with Crippen LogP contribution in [0.25, 0.3) is 0 Å². The molecule has 0 atom stereocenters. The van der Waals surface area contributed by atoms with Crippen LogP contribution >= 0.6 is 12.2 Å². The standard InChI is InChI=1S/C16H16FN3S/c1-11-7-3-4-8-13(11)12(2)19-20-16(21)18-15-10-6-5-9-14(15)17/h3-10H,1-2H3,(H2,18,20,21)/b19-12-. The summed E-state index contributed by atoms with van der Waals surface area (Å²) in [5.41, 5.74) is 6.03. The highest BCUT2D eigenvalue weighted by atomic mass is 32.1. The average molecular weight is 301 g/mol. The maximum Gasteiger partial charge on any atom is 0.191 e. The van der Waals surface area contributed by atoms with Crippen LogP contribution < -0.4 is 10.7 Å². The van der Waals surface area contributed by atoms with E-state index in [1.54, 1.807) is 18.2 Å². The van der Waals surface area contributed by atoms with E-state index in [1.807, 2.05) is 38.1 Å². The minimum Gasteiger partial charge on any atom is -0.329 e. The largest absolute Gasteiger partial charge is 0.329 e. The smallest absolute Gasteiger partial charge is 0.191 e. The van der Waals surface area contributed by atoms with Crippen LogP contribution in [0.3, 0.4) is 0 Å². The van der Waals surface area contributed by atoms with E-state index in [0.29, 0.717) is 5.69 Å². The molecule has 2 aromatic carbocycles. The molecule has 0 aliphatic rings. The average Bonchev–Trinajstić information content (AvgIpc) is 2.48. The van der Waals surface area contributed by atoms with E-state index in [9.17, 15) is 4.39 Å². The molecule has 2 aromatic rings. The van der Waals surface area contributed by atoms with Crippen molar-refractivity contribution in [3.8, 4) is 0 Å². The van der Waals surface area contributed by atoms with Crippen molar-refractivity contribution in [2.75, 3.05) is 5.32 Å². The molecule has 3 nitrogen and oxygen atoms in total. The number of hydrogen-bond donors (Lipinski definition) is 2. The number of thiocarbonyl (C=S) groups is 1. The summed E-state index contributed by atoms with van der Waals surface area (Å²) in [6.07, 6.45) is 0. The van der Waals surface area contributed by atoms with Gasteiger partial charge in [-0.25, -0.2) is 4.39 Å². The van der Waals surface area contributed by atoms with Crippen molar-refractivity contribution in [2.45, 2.75) is 13.8 Å². The lowest BCUT2D eigenvalue weighted by Gasteiger charge is -2.09. The summed E-state index contributed by atoms with van der Waals surface area (Å²) in [6, 6.07) is 14.3. The van der Waals surface area contributed by atoms with Crippen LogP contribution in [0.4, 0.5) is 10.1 Å². The Balaban J connectivity index is 2.02. The lowest BCUT2D eigenvalue weighted by atomic mass is 10.1. The van der Waals surface area contributed by atoms with E-state index in [4.69, 9.17) is 12.2 Å². The van der Waals surface area contributed by atoms with Crippen molar-refractivity contribution in [1.29, 1.82) is 0 Å². The van der Waals surface area contributed by atoms with Gasteiger partial charge in [-0.05, 0) is 43.8 Å². The number of aryl methyl sites for hydroxylation is 1. The topological polar surface area (TPSA) is 36.4 Å². The van der Waals surface area contributed by atoms with Gasteiger partial charge in [0.2, 0.25) is 0 Å². The van der Waals surface area contributed by atoms with Gasteiger partial charge < -0.3 is 5.32 Å². The van der Waals surface area contributed by atoms with E-state index in [0.717, 1.165) is 16.8 Å². The zero-order chi connectivity index (χ0) is 15.2. The van der Waals surface area contributed by atoms with E-state index < -0.39 is 0 Å². The highest BCUT2D eigenvalue weighted by Crippen LogP contribution is 2.12. The molecular formula is C16H16FN3S. The van der Waals surface area contributed by atoms with Crippen molar-refractivity contribution >= 4 is 28.7 Å². The Morgan fingerprint density at radius 1 is 1.10 bits per heavy atom. The molecule has 0 aliphatic carbocycles. The lowest BCUT2D eigenvalue weighted by Crippen LogP contribution is -2.25. The van der Waals surface area contributed by atoms with Crippen LogP contribution in [0.15, 0.2) is 53.6 Å². The molecule has 2 rings (SSSR count). The van der Waals surface area contributed by atoms with Crippen molar-refractivity contribution in [3.05, 3.63) is 65.5 Å². The monoisotopic (exact) mass is 301 g/mol. The summed E-state index contributed by atoms with van der Waals surface area (Å²) in [5, 5.41) is 7.23. The summed E-state index contributed by atoms with van der Waals surface area (Å²) in [5.74, 6) is -0.360. The first-order valence-electron chi connectivity index (χ1n) is 6.50. The van der Waals surface area contributed by atoms with E-state index in [-0.39, 0.29) is 10.9 Å². The molecule has 0 aliphatic heterocycles. The van der Waals surface area contributed by atoms with Crippen LogP contribution in [0, 0.1) is 12.7 Å².